The zero-order valence-electron chi connectivity index (χ0n) is 14.9. The van der Waals surface area contributed by atoms with Gasteiger partial charge in [0.2, 0.25) is 0 Å². The molecule has 132 valence electrons. The molecular weight excluding hydrogens is 276 g/mol. The van der Waals surface area contributed by atoms with Gasteiger partial charge in [-0.05, 0) is 19.3 Å². The highest BCUT2D eigenvalue weighted by atomic mass is 16.4. The molecule has 0 aliphatic carbocycles. The van der Waals surface area contributed by atoms with Gasteiger partial charge in [0.15, 0.2) is 0 Å². The van der Waals surface area contributed by atoms with E-state index in [1.54, 1.807) is 0 Å². The lowest BCUT2D eigenvalue weighted by Crippen LogP contribution is -2.20. The van der Waals surface area contributed by atoms with E-state index in [0.717, 1.165) is 19.3 Å². The van der Waals surface area contributed by atoms with E-state index >= 15 is 0 Å². The van der Waals surface area contributed by atoms with Gasteiger partial charge in [-0.1, -0.05) is 84.5 Å². The molecule has 0 radical (unpaired) electrons. The molecule has 2 atom stereocenters. The number of carbonyl (C=O) groups is 1. The van der Waals surface area contributed by atoms with E-state index in [1.165, 1.54) is 57.8 Å². The van der Waals surface area contributed by atoms with Gasteiger partial charge in [0, 0.05) is 0 Å². The Morgan fingerprint density at radius 1 is 0.818 bits per heavy atom. The van der Waals surface area contributed by atoms with Crippen molar-refractivity contribution in [2.45, 2.75) is 110 Å². The van der Waals surface area contributed by atoms with Crippen molar-refractivity contribution in [2.75, 3.05) is 0 Å². The molecule has 0 saturated carbocycles. The summed E-state index contributed by atoms with van der Waals surface area (Å²) in [5, 5.41) is 18.9. The number of aliphatic carboxylic acids is 1. The number of aliphatic hydroxyl groups excluding tert-OH is 1. The van der Waals surface area contributed by atoms with Crippen molar-refractivity contribution in [3.8, 4) is 0 Å². The number of carboxylic acids is 1. The molecule has 0 aromatic carbocycles. The van der Waals surface area contributed by atoms with Gasteiger partial charge >= 0.3 is 5.97 Å². The normalized spacial score (nSPS) is 14.0. The molecule has 0 rings (SSSR count). The molecule has 22 heavy (non-hydrogen) atoms. The van der Waals surface area contributed by atoms with E-state index < -0.39 is 12.1 Å². The molecule has 3 heteroatoms. The Kier molecular flexibility index (Phi) is 14.9. The molecule has 0 aromatic rings. The molecule has 0 fully saturated rings. The minimum absolute atomic E-state index is 0.386. The van der Waals surface area contributed by atoms with E-state index in [9.17, 15) is 9.90 Å². The van der Waals surface area contributed by atoms with Gasteiger partial charge in [0.25, 0.3) is 0 Å². The summed E-state index contributed by atoms with van der Waals surface area (Å²) in [4.78, 5) is 10.9. The van der Waals surface area contributed by atoms with E-state index in [4.69, 9.17) is 5.11 Å². The van der Waals surface area contributed by atoms with Gasteiger partial charge < -0.3 is 10.2 Å². The van der Waals surface area contributed by atoms with Crippen molar-refractivity contribution in [3.63, 3.8) is 0 Å². The lowest BCUT2D eigenvalue weighted by molar-refractivity contribution is -0.143. The predicted octanol–water partition coefficient (Wildman–Crippen LogP) is 5.55. The second kappa shape index (κ2) is 15.3. The SMILES string of the molecule is CCCCCCCCCCCCCC(O)CC(CC)C(=O)O. The first-order valence-corrected chi connectivity index (χ1v) is 9.52. The number of aliphatic hydroxyl groups is 1. The summed E-state index contributed by atoms with van der Waals surface area (Å²) in [6, 6.07) is 0. The van der Waals surface area contributed by atoms with Gasteiger partial charge in [0.1, 0.15) is 0 Å². The van der Waals surface area contributed by atoms with Gasteiger partial charge in [-0.3, -0.25) is 4.79 Å². The van der Waals surface area contributed by atoms with E-state index in [0.29, 0.717) is 12.8 Å². The summed E-state index contributed by atoms with van der Waals surface area (Å²) in [6.07, 6.45) is 15.6. The van der Waals surface area contributed by atoms with Crippen LogP contribution in [-0.2, 0) is 4.79 Å². The highest BCUT2D eigenvalue weighted by Gasteiger charge is 2.18. The zero-order valence-corrected chi connectivity index (χ0v) is 14.9. The van der Waals surface area contributed by atoms with Crippen LogP contribution in [0.5, 0.6) is 0 Å². The maximum Gasteiger partial charge on any atom is 0.306 e. The first-order chi connectivity index (χ1) is 10.6. The average molecular weight is 315 g/mol. The second-order valence-corrected chi connectivity index (χ2v) is 6.66. The topological polar surface area (TPSA) is 57.5 Å². The Morgan fingerprint density at radius 2 is 1.27 bits per heavy atom. The fraction of sp³-hybridized carbons (Fsp3) is 0.947. The molecule has 3 nitrogen and oxygen atoms in total. The van der Waals surface area contributed by atoms with Gasteiger partial charge in [-0.25, -0.2) is 0 Å². The molecule has 0 aliphatic heterocycles. The molecule has 2 N–H and O–H groups in total. The monoisotopic (exact) mass is 314 g/mol. The second-order valence-electron chi connectivity index (χ2n) is 6.66. The van der Waals surface area contributed by atoms with Gasteiger partial charge in [-0.15, -0.1) is 0 Å². The Hall–Kier alpha value is -0.570. The molecule has 0 aliphatic rings. The maximum absolute atomic E-state index is 10.9. The van der Waals surface area contributed by atoms with Crippen LogP contribution in [0.2, 0.25) is 0 Å². The summed E-state index contributed by atoms with van der Waals surface area (Å²) in [7, 11) is 0. The van der Waals surface area contributed by atoms with E-state index in [2.05, 4.69) is 6.92 Å². The highest BCUT2D eigenvalue weighted by Crippen LogP contribution is 2.17. The van der Waals surface area contributed by atoms with Crippen LogP contribution in [0.15, 0.2) is 0 Å². The number of hydrogen-bond donors (Lipinski definition) is 2. The van der Waals surface area contributed by atoms with Crippen LogP contribution in [0.3, 0.4) is 0 Å². The van der Waals surface area contributed by atoms with Crippen LogP contribution in [-0.4, -0.2) is 22.3 Å². The lowest BCUT2D eigenvalue weighted by Gasteiger charge is -2.15. The van der Waals surface area contributed by atoms with E-state index in [-0.39, 0.29) is 5.92 Å². The third-order valence-electron chi connectivity index (χ3n) is 4.54. The van der Waals surface area contributed by atoms with Crippen molar-refractivity contribution in [2.24, 2.45) is 5.92 Å². The minimum Gasteiger partial charge on any atom is -0.481 e. The minimum atomic E-state index is -0.777. The van der Waals surface area contributed by atoms with Gasteiger partial charge in [0.05, 0.1) is 12.0 Å². The van der Waals surface area contributed by atoms with Crippen molar-refractivity contribution in [1.82, 2.24) is 0 Å². The Balaban J connectivity index is 3.33. The van der Waals surface area contributed by atoms with Crippen LogP contribution in [0.25, 0.3) is 0 Å². The van der Waals surface area contributed by atoms with Crippen LogP contribution < -0.4 is 0 Å². The molecule has 0 bridgehead atoms. The van der Waals surface area contributed by atoms with Crippen LogP contribution in [0, 0.1) is 5.92 Å². The molecular formula is C19H38O3. The molecule has 0 aromatic heterocycles. The first kappa shape index (κ1) is 21.4. The molecule has 2 unspecified atom stereocenters. The standard InChI is InChI=1S/C19H38O3/c1-3-5-6-7-8-9-10-11-12-13-14-15-18(20)16-17(4-2)19(21)22/h17-18,20H,3-16H2,1-2H3,(H,21,22). The Labute approximate surface area is 137 Å². The molecule has 0 saturated heterocycles. The summed E-state index contributed by atoms with van der Waals surface area (Å²) < 4.78 is 0. The molecule has 0 amide bonds. The zero-order chi connectivity index (χ0) is 16.6. The number of carboxylic acid groups (broad SMARTS) is 1. The van der Waals surface area contributed by atoms with Crippen molar-refractivity contribution in [3.05, 3.63) is 0 Å². The molecule has 0 spiro atoms. The number of rotatable bonds is 16. The largest absolute Gasteiger partial charge is 0.481 e. The van der Waals surface area contributed by atoms with Crippen molar-refractivity contribution in [1.29, 1.82) is 0 Å². The first-order valence-electron chi connectivity index (χ1n) is 9.52. The Bertz CT molecular complexity index is 253. The predicted molar refractivity (Wildman–Crippen MR) is 93.1 cm³/mol. The van der Waals surface area contributed by atoms with Crippen LogP contribution >= 0.6 is 0 Å². The smallest absolute Gasteiger partial charge is 0.306 e. The van der Waals surface area contributed by atoms with E-state index in [1.807, 2.05) is 6.92 Å². The number of unbranched alkanes of at least 4 members (excludes halogenated alkanes) is 10. The number of hydrogen-bond acceptors (Lipinski definition) is 2. The van der Waals surface area contributed by atoms with Crippen molar-refractivity contribution < 1.29 is 15.0 Å². The molecule has 0 heterocycles. The maximum atomic E-state index is 10.9. The van der Waals surface area contributed by atoms with Crippen molar-refractivity contribution >= 4 is 5.97 Å². The third kappa shape index (κ3) is 13.1. The van der Waals surface area contributed by atoms with Gasteiger partial charge in [-0.2, -0.15) is 0 Å². The lowest BCUT2D eigenvalue weighted by atomic mass is 9.95. The summed E-state index contributed by atoms with van der Waals surface area (Å²) in [5.41, 5.74) is 0. The summed E-state index contributed by atoms with van der Waals surface area (Å²) >= 11 is 0. The fourth-order valence-electron chi connectivity index (χ4n) is 2.93. The highest BCUT2D eigenvalue weighted by molar-refractivity contribution is 5.69. The quantitative estimate of drug-likeness (QED) is 0.367. The van der Waals surface area contributed by atoms with Crippen LogP contribution in [0.4, 0.5) is 0 Å². The fourth-order valence-corrected chi connectivity index (χ4v) is 2.93. The summed E-state index contributed by atoms with van der Waals surface area (Å²) in [6.45, 7) is 4.12. The van der Waals surface area contributed by atoms with Crippen LogP contribution in [0.1, 0.15) is 104 Å². The summed E-state index contributed by atoms with van der Waals surface area (Å²) in [5.74, 6) is -1.16. The average Bonchev–Trinajstić information content (AvgIpc) is 2.50. The third-order valence-corrected chi connectivity index (χ3v) is 4.54. The Morgan fingerprint density at radius 3 is 1.68 bits per heavy atom.